The summed E-state index contributed by atoms with van der Waals surface area (Å²) in [5, 5.41) is 21.1. The first kappa shape index (κ1) is 18.4. The molecule has 1 aliphatic rings. The zero-order valence-corrected chi connectivity index (χ0v) is 15.6. The Morgan fingerprint density at radius 3 is 2.80 bits per heavy atom. The second-order valence-electron chi connectivity index (χ2n) is 5.44. The molecule has 25 heavy (non-hydrogen) atoms. The van der Waals surface area contributed by atoms with Crippen molar-refractivity contribution in [3.8, 4) is 0 Å². The molecule has 0 saturated carbocycles. The van der Waals surface area contributed by atoms with Gasteiger partial charge in [-0.05, 0) is 23.5 Å². The van der Waals surface area contributed by atoms with Gasteiger partial charge in [-0.25, -0.2) is 9.69 Å². The molecule has 0 aliphatic carbocycles. The van der Waals surface area contributed by atoms with E-state index in [-0.39, 0.29) is 28.7 Å². The number of esters is 1. The predicted octanol–water partition coefficient (Wildman–Crippen LogP) is 1.73. The molecule has 3 rings (SSSR count). The maximum Gasteiger partial charge on any atom is 0.342 e. The third-order valence-electron chi connectivity index (χ3n) is 3.68. The summed E-state index contributed by atoms with van der Waals surface area (Å²) in [6.07, 6.45) is 0.430. The number of quaternary nitrogens is 1. The largest absolute Gasteiger partial charge is 0.622 e. The smallest absolute Gasteiger partial charge is 0.342 e. The number of carbonyl (C=O) groups is 1. The lowest BCUT2D eigenvalue weighted by Gasteiger charge is -2.38. The third kappa shape index (κ3) is 3.73. The Morgan fingerprint density at radius 1 is 1.48 bits per heavy atom. The van der Waals surface area contributed by atoms with E-state index in [2.05, 4.69) is 10.2 Å². The number of hydrogen-bond donors (Lipinski definition) is 0. The number of ether oxygens (including phenoxy) is 1. The first-order valence-corrected chi connectivity index (χ1v) is 10.2. The highest BCUT2D eigenvalue weighted by molar-refractivity contribution is 7.86. The summed E-state index contributed by atoms with van der Waals surface area (Å²) in [4.78, 5) is 14.0. The Labute approximate surface area is 155 Å². The number of halogens is 1. The number of aromatic nitrogens is 2. The molecule has 1 aromatic carbocycles. The van der Waals surface area contributed by atoms with Crippen molar-refractivity contribution in [1.82, 2.24) is 19.7 Å². The number of rotatable bonds is 5. The van der Waals surface area contributed by atoms with Crippen LogP contribution in [-0.2, 0) is 15.5 Å². The average molecular weight is 403 g/mol. The first-order valence-electron chi connectivity index (χ1n) is 7.24. The topological polar surface area (TPSA) is 95.4 Å². The summed E-state index contributed by atoms with van der Waals surface area (Å²) < 4.78 is 16.2. The minimum Gasteiger partial charge on any atom is -0.622 e. The average Bonchev–Trinajstić information content (AvgIpc) is 3.22. The first-order chi connectivity index (χ1) is 11.9. The van der Waals surface area contributed by atoms with Gasteiger partial charge in [-0.15, -0.1) is 16.7 Å². The third-order valence-corrected chi connectivity index (χ3v) is 6.37. The van der Waals surface area contributed by atoms with E-state index < -0.39 is 27.6 Å². The summed E-state index contributed by atoms with van der Waals surface area (Å²) in [5.41, 5.74) is 0.353. The van der Waals surface area contributed by atoms with E-state index in [9.17, 15) is 14.2 Å². The number of hydrogen-bond acceptors (Lipinski definition) is 8. The van der Waals surface area contributed by atoms with Gasteiger partial charge in [-0.2, -0.15) is 0 Å². The molecule has 3 unspecified atom stereocenters. The van der Waals surface area contributed by atoms with Gasteiger partial charge in [0.2, 0.25) is 4.34 Å². The molecule has 0 amide bonds. The molecule has 1 fully saturated rings. The van der Waals surface area contributed by atoms with Gasteiger partial charge in [0.15, 0.2) is 0 Å². The van der Waals surface area contributed by atoms with Crippen LogP contribution < -0.4 is 4.65 Å². The van der Waals surface area contributed by atoms with Crippen LogP contribution in [0.2, 0.25) is 0 Å². The van der Waals surface area contributed by atoms with Crippen LogP contribution in [0.1, 0.15) is 10.4 Å². The van der Waals surface area contributed by atoms with E-state index in [1.807, 2.05) is 0 Å². The van der Waals surface area contributed by atoms with Gasteiger partial charge in [-0.3, -0.25) is 8.86 Å². The molecule has 1 aromatic heterocycles. The molecule has 11 heteroatoms. The Balaban J connectivity index is 1.87. The van der Waals surface area contributed by atoms with Crippen LogP contribution in [0.3, 0.4) is 0 Å². The summed E-state index contributed by atoms with van der Waals surface area (Å²) in [6.45, 7) is 0.150. The van der Waals surface area contributed by atoms with Crippen molar-refractivity contribution < 1.29 is 13.7 Å². The molecule has 2 aromatic rings. The maximum atomic E-state index is 13.4. The number of hydroxylamine groups is 2. The molecule has 2 heterocycles. The lowest BCUT2D eigenvalue weighted by atomic mass is 10.2. The van der Waals surface area contributed by atoms with Gasteiger partial charge in [0.1, 0.15) is 6.67 Å². The standard InChI is InChI=1S/C14H15ClN4O4S2/c1-25(22)14-17-16-13(24-14)19(21)9-18(8-15)7-11(19)23-12(20)10-5-3-2-4-6-10/h2-6,11H,7-9H2,1H3. The van der Waals surface area contributed by atoms with Crippen LogP contribution in [-0.4, -0.2) is 57.0 Å². The van der Waals surface area contributed by atoms with Gasteiger partial charge in [0.05, 0.1) is 28.9 Å². The molecule has 8 nitrogen and oxygen atoms in total. The highest BCUT2D eigenvalue weighted by atomic mass is 35.5. The number of benzene rings is 1. The van der Waals surface area contributed by atoms with E-state index in [4.69, 9.17) is 16.3 Å². The monoisotopic (exact) mass is 402 g/mol. The second kappa shape index (κ2) is 7.44. The molecular formula is C14H15ClN4O4S2. The zero-order chi connectivity index (χ0) is 18.0. The molecule has 1 saturated heterocycles. The van der Waals surface area contributed by atoms with Crippen molar-refractivity contribution in [2.75, 3.05) is 25.5 Å². The van der Waals surface area contributed by atoms with Gasteiger partial charge in [0, 0.05) is 6.26 Å². The van der Waals surface area contributed by atoms with Gasteiger partial charge in [-0.1, -0.05) is 23.3 Å². The highest BCUT2D eigenvalue weighted by Crippen LogP contribution is 2.35. The van der Waals surface area contributed by atoms with Crippen molar-refractivity contribution in [2.45, 2.75) is 10.6 Å². The normalized spacial score (nSPS) is 25.0. The summed E-state index contributed by atoms with van der Waals surface area (Å²) in [7, 11) is -1.34. The number of carbonyl (C=O) groups excluding carboxylic acids is 1. The Kier molecular flexibility index (Phi) is 5.46. The van der Waals surface area contributed by atoms with E-state index in [1.54, 1.807) is 35.2 Å². The van der Waals surface area contributed by atoms with Gasteiger partial charge < -0.3 is 9.94 Å². The van der Waals surface area contributed by atoms with Crippen molar-refractivity contribution >= 4 is 44.8 Å². The Morgan fingerprint density at radius 2 is 2.20 bits per heavy atom. The minimum absolute atomic E-state index is 0.0266. The van der Waals surface area contributed by atoms with Crippen LogP contribution in [0.25, 0.3) is 0 Å². The van der Waals surface area contributed by atoms with E-state index in [0.29, 0.717) is 5.56 Å². The molecule has 1 aliphatic heterocycles. The molecule has 0 N–H and O–H groups in total. The Hall–Kier alpha value is -1.43. The lowest BCUT2D eigenvalue weighted by Crippen LogP contribution is -2.50. The Bertz CT molecular complexity index is 790. The van der Waals surface area contributed by atoms with Crippen molar-refractivity contribution in [1.29, 1.82) is 0 Å². The maximum absolute atomic E-state index is 13.4. The van der Waals surface area contributed by atoms with Crippen LogP contribution in [0.15, 0.2) is 34.7 Å². The van der Waals surface area contributed by atoms with Crippen LogP contribution in [0.5, 0.6) is 0 Å². The van der Waals surface area contributed by atoms with Crippen molar-refractivity contribution in [2.24, 2.45) is 0 Å². The van der Waals surface area contributed by atoms with Crippen LogP contribution >= 0.6 is 22.9 Å². The molecule has 134 valence electrons. The predicted molar refractivity (Wildman–Crippen MR) is 95.3 cm³/mol. The molecule has 0 bridgehead atoms. The summed E-state index contributed by atoms with van der Waals surface area (Å²) in [6, 6.07) is 8.54. The lowest BCUT2D eigenvalue weighted by molar-refractivity contribution is 0.00557. The molecule has 0 radical (unpaired) electrons. The molecule has 0 spiro atoms. The zero-order valence-electron chi connectivity index (χ0n) is 13.2. The van der Waals surface area contributed by atoms with Gasteiger partial charge >= 0.3 is 11.1 Å². The fourth-order valence-electron chi connectivity index (χ4n) is 2.43. The quantitative estimate of drug-likeness (QED) is 0.247. The van der Waals surface area contributed by atoms with Crippen LogP contribution in [0.4, 0.5) is 5.13 Å². The number of alkyl halides is 1. The van der Waals surface area contributed by atoms with Crippen molar-refractivity contribution in [3.63, 3.8) is 0 Å². The van der Waals surface area contributed by atoms with Crippen LogP contribution in [0, 0.1) is 5.21 Å². The number of nitrogens with zero attached hydrogens (tertiary/aromatic N) is 4. The second-order valence-corrected chi connectivity index (χ2v) is 8.19. The SMILES string of the molecule is CS(=O)c1nnc([N+]2([O-])CN(CCl)CC2OC(=O)c2ccccc2)s1. The minimum atomic E-state index is -1.34. The van der Waals surface area contributed by atoms with Crippen molar-refractivity contribution in [3.05, 3.63) is 41.1 Å². The fourth-order valence-corrected chi connectivity index (χ4v) is 4.10. The van der Waals surface area contributed by atoms with E-state index in [0.717, 1.165) is 11.3 Å². The van der Waals surface area contributed by atoms with Gasteiger partial charge in [0.25, 0.3) is 6.23 Å². The van der Waals surface area contributed by atoms with E-state index >= 15 is 0 Å². The summed E-state index contributed by atoms with van der Waals surface area (Å²) in [5.74, 6) is -0.593. The fraction of sp³-hybridized carbons (Fsp3) is 0.357. The summed E-state index contributed by atoms with van der Waals surface area (Å²) >= 11 is 6.80. The van der Waals surface area contributed by atoms with E-state index in [1.165, 1.54) is 6.26 Å². The highest BCUT2D eigenvalue weighted by Gasteiger charge is 2.46. The molecular weight excluding hydrogens is 388 g/mol. The molecule has 3 atom stereocenters.